The number of amides is 1. The Bertz CT molecular complexity index is 577. The van der Waals surface area contributed by atoms with E-state index in [-0.39, 0.29) is 24.6 Å². The van der Waals surface area contributed by atoms with Gasteiger partial charge in [0.25, 0.3) is 5.91 Å². The summed E-state index contributed by atoms with van der Waals surface area (Å²) >= 11 is 0. The quantitative estimate of drug-likeness (QED) is 0.816. The van der Waals surface area contributed by atoms with Gasteiger partial charge in [-0.05, 0) is 37.0 Å². The van der Waals surface area contributed by atoms with E-state index in [0.29, 0.717) is 31.0 Å². The first-order valence-corrected chi connectivity index (χ1v) is 7.04. The van der Waals surface area contributed by atoms with Crippen LogP contribution in [0.4, 0.5) is 4.39 Å². The second-order valence-electron chi connectivity index (χ2n) is 5.12. The molecule has 5 heteroatoms. The van der Waals surface area contributed by atoms with Crippen LogP contribution in [-0.2, 0) is 0 Å². The molecule has 1 saturated heterocycles. The van der Waals surface area contributed by atoms with Gasteiger partial charge in [0.1, 0.15) is 5.82 Å². The van der Waals surface area contributed by atoms with E-state index in [4.69, 9.17) is 10.8 Å². The van der Waals surface area contributed by atoms with Crippen molar-refractivity contribution in [3.8, 4) is 11.8 Å². The molecule has 112 valence electrons. The number of nitrogens with two attached hydrogens (primary N) is 1. The van der Waals surface area contributed by atoms with Crippen molar-refractivity contribution in [2.45, 2.75) is 12.8 Å². The molecule has 0 radical (unpaired) electrons. The van der Waals surface area contributed by atoms with Crippen molar-refractivity contribution >= 4 is 5.91 Å². The number of likely N-dealkylation sites (tertiary alicyclic amines) is 1. The van der Waals surface area contributed by atoms with Crippen LogP contribution in [0.15, 0.2) is 18.2 Å². The molecule has 1 amide bonds. The summed E-state index contributed by atoms with van der Waals surface area (Å²) in [7, 11) is 0. The summed E-state index contributed by atoms with van der Waals surface area (Å²) < 4.78 is 13.9. The third-order valence-electron chi connectivity index (χ3n) is 3.65. The molecule has 0 bridgehead atoms. The molecule has 0 aromatic heterocycles. The van der Waals surface area contributed by atoms with Gasteiger partial charge in [0.2, 0.25) is 0 Å². The van der Waals surface area contributed by atoms with E-state index in [9.17, 15) is 9.18 Å². The largest absolute Gasteiger partial charge is 0.396 e. The summed E-state index contributed by atoms with van der Waals surface area (Å²) in [4.78, 5) is 14.0. The number of hydrogen-bond donors (Lipinski definition) is 2. The number of nitrogens with zero attached hydrogens (tertiary/aromatic N) is 1. The van der Waals surface area contributed by atoms with Crippen LogP contribution in [0.25, 0.3) is 0 Å². The van der Waals surface area contributed by atoms with Crippen LogP contribution in [0.5, 0.6) is 0 Å². The van der Waals surface area contributed by atoms with Crippen molar-refractivity contribution in [2.75, 3.05) is 26.2 Å². The summed E-state index contributed by atoms with van der Waals surface area (Å²) in [5.41, 5.74) is 5.83. The van der Waals surface area contributed by atoms with E-state index in [0.717, 1.165) is 6.42 Å². The number of carbonyl (C=O) groups excluding carboxylic acids is 1. The van der Waals surface area contributed by atoms with Crippen LogP contribution in [0.3, 0.4) is 0 Å². The van der Waals surface area contributed by atoms with E-state index >= 15 is 0 Å². The van der Waals surface area contributed by atoms with Gasteiger partial charge >= 0.3 is 0 Å². The van der Waals surface area contributed by atoms with Crippen LogP contribution in [-0.4, -0.2) is 42.2 Å². The van der Waals surface area contributed by atoms with Crippen molar-refractivity contribution in [1.82, 2.24) is 4.90 Å². The second-order valence-corrected chi connectivity index (χ2v) is 5.12. The highest BCUT2D eigenvalue weighted by Gasteiger charge is 2.26. The number of rotatable bonds is 3. The SMILES string of the molecule is NCC#Cc1ccc(C(=O)N2CCC(CCO)C2)cc1F. The maximum absolute atomic E-state index is 13.9. The zero-order valence-corrected chi connectivity index (χ0v) is 11.8. The molecule has 21 heavy (non-hydrogen) atoms. The van der Waals surface area contributed by atoms with Gasteiger partial charge in [-0.15, -0.1) is 0 Å². The Morgan fingerprint density at radius 1 is 1.52 bits per heavy atom. The molecule has 1 fully saturated rings. The fraction of sp³-hybridized carbons (Fsp3) is 0.438. The van der Waals surface area contributed by atoms with Crippen molar-refractivity contribution in [1.29, 1.82) is 0 Å². The maximum Gasteiger partial charge on any atom is 0.253 e. The summed E-state index contributed by atoms with van der Waals surface area (Å²) in [6.07, 6.45) is 1.58. The van der Waals surface area contributed by atoms with Crippen LogP contribution in [0.1, 0.15) is 28.8 Å². The Morgan fingerprint density at radius 3 is 3.00 bits per heavy atom. The fourth-order valence-corrected chi connectivity index (χ4v) is 2.51. The first-order valence-electron chi connectivity index (χ1n) is 7.04. The van der Waals surface area contributed by atoms with Gasteiger partial charge in [-0.25, -0.2) is 4.39 Å². The fourth-order valence-electron chi connectivity index (χ4n) is 2.51. The smallest absolute Gasteiger partial charge is 0.253 e. The van der Waals surface area contributed by atoms with Gasteiger partial charge < -0.3 is 15.7 Å². The van der Waals surface area contributed by atoms with E-state index in [1.54, 1.807) is 11.0 Å². The molecule has 0 saturated carbocycles. The molecular weight excluding hydrogens is 271 g/mol. The number of carbonyl (C=O) groups is 1. The average molecular weight is 290 g/mol. The van der Waals surface area contributed by atoms with Crippen LogP contribution < -0.4 is 5.73 Å². The predicted octanol–water partition coefficient (Wildman–Crippen LogP) is 0.980. The number of aliphatic hydroxyl groups excluding tert-OH is 1. The Balaban J connectivity index is 2.08. The van der Waals surface area contributed by atoms with Gasteiger partial charge in [-0.2, -0.15) is 0 Å². The molecule has 1 aromatic rings. The van der Waals surface area contributed by atoms with Gasteiger partial charge in [0.15, 0.2) is 0 Å². The summed E-state index contributed by atoms with van der Waals surface area (Å²) in [5, 5.41) is 8.93. The van der Waals surface area contributed by atoms with Gasteiger partial charge in [0, 0.05) is 25.3 Å². The lowest BCUT2D eigenvalue weighted by Gasteiger charge is -2.16. The number of halogens is 1. The maximum atomic E-state index is 13.9. The molecule has 1 aromatic carbocycles. The summed E-state index contributed by atoms with van der Waals surface area (Å²) in [6.45, 7) is 1.57. The van der Waals surface area contributed by atoms with E-state index in [1.165, 1.54) is 12.1 Å². The lowest BCUT2D eigenvalue weighted by atomic mass is 10.1. The second kappa shape index (κ2) is 7.21. The van der Waals surface area contributed by atoms with E-state index in [1.807, 2.05) is 0 Å². The molecule has 1 atom stereocenters. The van der Waals surface area contributed by atoms with E-state index in [2.05, 4.69) is 11.8 Å². The van der Waals surface area contributed by atoms with E-state index < -0.39 is 5.82 Å². The first-order chi connectivity index (χ1) is 10.2. The lowest BCUT2D eigenvalue weighted by Crippen LogP contribution is -2.28. The minimum atomic E-state index is -0.507. The highest BCUT2D eigenvalue weighted by molar-refractivity contribution is 5.94. The zero-order chi connectivity index (χ0) is 15.2. The van der Waals surface area contributed by atoms with Gasteiger partial charge in [-0.1, -0.05) is 11.8 Å². The molecule has 0 aliphatic carbocycles. The molecule has 2 rings (SSSR count). The average Bonchev–Trinajstić information content (AvgIpc) is 2.94. The number of aliphatic hydroxyl groups is 1. The molecule has 1 aliphatic heterocycles. The first kappa shape index (κ1) is 15.5. The Labute approximate surface area is 123 Å². The lowest BCUT2D eigenvalue weighted by molar-refractivity contribution is 0.0784. The van der Waals surface area contributed by atoms with Gasteiger partial charge in [-0.3, -0.25) is 4.79 Å². The Hall–Kier alpha value is -1.90. The Morgan fingerprint density at radius 2 is 2.33 bits per heavy atom. The summed E-state index contributed by atoms with van der Waals surface area (Å²) in [6, 6.07) is 4.32. The normalized spacial score (nSPS) is 17.5. The molecular formula is C16H19FN2O2. The van der Waals surface area contributed by atoms with Gasteiger partial charge in [0.05, 0.1) is 12.1 Å². The standard InChI is InChI=1S/C16H19FN2O2/c17-15-10-14(4-3-13(15)2-1-7-18)16(21)19-8-5-12(11-19)6-9-20/h3-4,10,12,20H,5-9,11,18H2. The molecule has 0 spiro atoms. The summed E-state index contributed by atoms with van der Waals surface area (Å²) in [5.74, 6) is 4.87. The molecule has 1 aliphatic rings. The van der Waals surface area contributed by atoms with Crippen molar-refractivity contribution < 1.29 is 14.3 Å². The van der Waals surface area contributed by atoms with Crippen molar-refractivity contribution in [3.63, 3.8) is 0 Å². The minimum absolute atomic E-state index is 0.135. The highest BCUT2D eigenvalue weighted by atomic mass is 19.1. The molecule has 3 N–H and O–H groups in total. The monoisotopic (exact) mass is 290 g/mol. The third-order valence-corrected chi connectivity index (χ3v) is 3.65. The van der Waals surface area contributed by atoms with Crippen LogP contribution in [0, 0.1) is 23.6 Å². The zero-order valence-electron chi connectivity index (χ0n) is 11.8. The number of benzene rings is 1. The van der Waals surface area contributed by atoms with Crippen molar-refractivity contribution in [3.05, 3.63) is 35.1 Å². The van der Waals surface area contributed by atoms with Crippen LogP contribution in [0.2, 0.25) is 0 Å². The van der Waals surface area contributed by atoms with Crippen molar-refractivity contribution in [2.24, 2.45) is 11.7 Å². The topological polar surface area (TPSA) is 66.6 Å². The molecule has 1 heterocycles. The van der Waals surface area contributed by atoms with Crippen LogP contribution >= 0.6 is 0 Å². The highest BCUT2D eigenvalue weighted by Crippen LogP contribution is 2.21. The Kier molecular flexibility index (Phi) is 5.32. The molecule has 4 nitrogen and oxygen atoms in total. The number of hydrogen-bond acceptors (Lipinski definition) is 3. The third kappa shape index (κ3) is 3.81. The predicted molar refractivity (Wildman–Crippen MR) is 78.0 cm³/mol. The molecule has 1 unspecified atom stereocenters. The minimum Gasteiger partial charge on any atom is -0.396 e.